The molecule has 2 heterocycles. The molecule has 0 saturated carbocycles. The van der Waals surface area contributed by atoms with E-state index in [2.05, 4.69) is 5.32 Å². The van der Waals surface area contributed by atoms with Crippen LogP contribution < -0.4 is 15.8 Å². The van der Waals surface area contributed by atoms with Crippen molar-refractivity contribution in [3.8, 4) is 11.8 Å². The Kier molecular flexibility index (Phi) is 7.14. The minimum atomic E-state index is -1.55. The van der Waals surface area contributed by atoms with E-state index < -0.39 is 27.8 Å². The molecule has 1 unspecified atom stereocenters. The summed E-state index contributed by atoms with van der Waals surface area (Å²) in [4.78, 5) is 12.9. The molecule has 2 aromatic carbocycles. The highest BCUT2D eigenvalue weighted by molar-refractivity contribution is 7.82. The average molecular weight is 527 g/mol. The van der Waals surface area contributed by atoms with Crippen LogP contribution in [0.4, 0.5) is 4.39 Å². The van der Waals surface area contributed by atoms with Gasteiger partial charge in [-0.15, -0.1) is 0 Å². The number of carbonyl (C=O) groups excluding carboxylic acids is 1. The van der Waals surface area contributed by atoms with Crippen molar-refractivity contribution in [3.63, 3.8) is 0 Å². The maximum atomic E-state index is 14.0. The monoisotopic (exact) mass is 526 g/mol. The second-order valence-corrected chi connectivity index (χ2v) is 10.8. The lowest BCUT2D eigenvalue weighted by molar-refractivity contribution is -0.144. The van der Waals surface area contributed by atoms with Gasteiger partial charge in [-0.2, -0.15) is 5.26 Å². The molecule has 8 nitrogen and oxygen atoms in total. The van der Waals surface area contributed by atoms with Crippen molar-refractivity contribution in [2.24, 2.45) is 11.1 Å². The van der Waals surface area contributed by atoms with Crippen molar-refractivity contribution in [2.45, 2.75) is 10.4 Å². The van der Waals surface area contributed by atoms with E-state index in [-0.39, 0.29) is 48.6 Å². The van der Waals surface area contributed by atoms with Crippen molar-refractivity contribution in [2.75, 3.05) is 39.5 Å². The second kappa shape index (κ2) is 9.77. The van der Waals surface area contributed by atoms with Crippen LogP contribution in [0.25, 0.3) is 0 Å². The van der Waals surface area contributed by atoms with Gasteiger partial charge in [0, 0.05) is 36.1 Å². The van der Waals surface area contributed by atoms with Crippen molar-refractivity contribution in [3.05, 3.63) is 57.8 Å². The van der Waals surface area contributed by atoms with Crippen LogP contribution in [0.5, 0.6) is 5.75 Å². The predicted molar refractivity (Wildman–Crippen MR) is 124 cm³/mol. The lowest BCUT2D eigenvalue weighted by Gasteiger charge is -2.49. The summed E-state index contributed by atoms with van der Waals surface area (Å²) in [6.07, 6.45) is 0. The molecule has 1 atom stereocenters. The van der Waals surface area contributed by atoms with Crippen LogP contribution in [0.3, 0.4) is 0 Å². The summed E-state index contributed by atoms with van der Waals surface area (Å²) >= 11 is 12.1. The number of nitriles is 1. The molecule has 2 aliphatic heterocycles. The van der Waals surface area contributed by atoms with Gasteiger partial charge in [0.1, 0.15) is 34.2 Å². The Hall–Kier alpha value is -2.26. The molecule has 0 spiro atoms. The number of carbonyl (C=O) groups is 1. The van der Waals surface area contributed by atoms with E-state index in [1.165, 1.54) is 18.2 Å². The lowest BCUT2D eigenvalue weighted by Crippen LogP contribution is -2.69. The first-order valence-electron chi connectivity index (χ1n) is 10.2. The smallest absolute Gasteiger partial charge is 0.244 e. The SMILES string of the molecule is N#Cc1ccc(OCC2(CNC(=O)C3(N)COC3)CN(S(=O)c3ccc(Cl)cc3Cl)C2)cc1F. The van der Waals surface area contributed by atoms with Gasteiger partial charge in [0.25, 0.3) is 0 Å². The Labute approximate surface area is 208 Å². The lowest BCUT2D eigenvalue weighted by atomic mass is 9.82. The minimum Gasteiger partial charge on any atom is -0.493 e. The zero-order chi connectivity index (χ0) is 24.5. The van der Waals surface area contributed by atoms with E-state index in [1.54, 1.807) is 22.5 Å². The largest absolute Gasteiger partial charge is 0.493 e. The van der Waals surface area contributed by atoms with Crippen molar-refractivity contribution >= 4 is 40.1 Å². The molecule has 1 amide bonds. The maximum Gasteiger partial charge on any atom is 0.244 e. The van der Waals surface area contributed by atoms with Crippen LogP contribution >= 0.6 is 23.2 Å². The Morgan fingerprint density at radius 1 is 1.29 bits per heavy atom. The number of rotatable bonds is 8. The maximum absolute atomic E-state index is 14.0. The van der Waals surface area contributed by atoms with Crippen molar-refractivity contribution < 1.29 is 22.9 Å². The standard InChI is InChI=1S/C22H21Cl2FN4O4S/c23-15-2-4-19(17(24)5-15)34(31)29-9-21(10-29,8-28-20(30)22(27)12-32-13-22)11-33-16-3-1-14(7-26)18(25)6-16/h1-6H,8-13,27H2,(H,28,30). The normalized spacial score (nSPS) is 19.3. The number of nitrogens with two attached hydrogens (primary N) is 1. The molecule has 0 aromatic heterocycles. The van der Waals surface area contributed by atoms with Gasteiger partial charge in [-0.3, -0.25) is 4.79 Å². The number of amides is 1. The van der Waals surface area contributed by atoms with Crippen LogP contribution in [0.15, 0.2) is 41.3 Å². The molecule has 0 bridgehead atoms. The van der Waals surface area contributed by atoms with E-state index in [9.17, 15) is 13.4 Å². The highest BCUT2D eigenvalue weighted by Gasteiger charge is 2.49. The molecule has 2 aromatic rings. The predicted octanol–water partition coefficient (Wildman–Crippen LogP) is 2.25. The summed E-state index contributed by atoms with van der Waals surface area (Å²) in [7, 11) is -1.55. The molecule has 3 N–H and O–H groups in total. The van der Waals surface area contributed by atoms with Gasteiger partial charge in [0.2, 0.25) is 5.91 Å². The van der Waals surface area contributed by atoms with Crippen molar-refractivity contribution in [1.82, 2.24) is 9.62 Å². The quantitative estimate of drug-likeness (QED) is 0.544. The molecule has 2 fully saturated rings. The first-order valence-corrected chi connectivity index (χ1v) is 12.1. The van der Waals surface area contributed by atoms with Crippen LogP contribution in [-0.2, 0) is 20.5 Å². The van der Waals surface area contributed by atoms with Gasteiger partial charge in [-0.1, -0.05) is 23.2 Å². The molecule has 4 rings (SSSR count). The highest BCUT2D eigenvalue weighted by atomic mass is 35.5. The summed E-state index contributed by atoms with van der Waals surface area (Å²) in [6, 6.07) is 10.5. The van der Waals surface area contributed by atoms with Gasteiger partial charge in [0.15, 0.2) is 0 Å². The summed E-state index contributed by atoms with van der Waals surface area (Å²) in [5, 5.41) is 12.5. The molecule has 0 radical (unpaired) electrons. The Balaban J connectivity index is 1.46. The molecular weight excluding hydrogens is 506 g/mol. The molecule has 0 aliphatic carbocycles. The van der Waals surface area contributed by atoms with Crippen molar-refractivity contribution in [1.29, 1.82) is 5.26 Å². The van der Waals surface area contributed by atoms with Crippen LogP contribution in [0, 0.1) is 22.6 Å². The number of halogens is 3. The number of nitrogens with zero attached hydrogens (tertiary/aromatic N) is 2. The van der Waals surface area contributed by atoms with Gasteiger partial charge in [-0.25, -0.2) is 12.9 Å². The molecule has 2 saturated heterocycles. The third-order valence-corrected chi connectivity index (χ3v) is 7.86. The summed E-state index contributed by atoms with van der Waals surface area (Å²) in [5.41, 5.74) is 4.23. The van der Waals surface area contributed by atoms with Gasteiger partial charge < -0.3 is 20.5 Å². The Morgan fingerprint density at radius 3 is 2.62 bits per heavy atom. The number of benzene rings is 2. The molecule has 180 valence electrons. The van der Waals surface area contributed by atoms with Crippen LogP contribution in [-0.4, -0.2) is 59.4 Å². The Morgan fingerprint density at radius 2 is 2.03 bits per heavy atom. The molecule has 12 heteroatoms. The minimum absolute atomic E-state index is 0.0876. The van der Waals surface area contributed by atoms with E-state index in [0.29, 0.717) is 23.0 Å². The fourth-order valence-corrected chi connectivity index (χ4v) is 5.72. The Bertz CT molecular complexity index is 1180. The van der Waals surface area contributed by atoms with Gasteiger partial charge in [0.05, 0.1) is 35.3 Å². The summed E-state index contributed by atoms with van der Waals surface area (Å²) in [6.45, 7) is 1.20. The molecule has 34 heavy (non-hydrogen) atoms. The first kappa shape index (κ1) is 24.9. The molecular formula is C22H21Cl2FN4O4S. The van der Waals surface area contributed by atoms with E-state index in [1.807, 2.05) is 0 Å². The first-order chi connectivity index (χ1) is 16.1. The zero-order valence-corrected chi connectivity index (χ0v) is 20.2. The van der Waals surface area contributed by atoms with Crippen LogP contribution in [0.2, 0.25) is 10.0 Å². The third-order valence-electron chi connectivity index (χ3n) is 5.74. The number of hydrogen-bond acceptors (Lipinski definition) is 6. The van der Waals surface area contributed by atoms with Crippen LogP contribution in [0.1, 0.15) is 5.56 Å². The summed E-state index contributed by atoms with van der Waals surface area (Å²) in [5.74, 6) is -0.792. The third kappa shape index (κ3) is 5.05. The van der Waals surface area contributed by atoms with E-state index in [4.69, 9.17) is 43.7 Å². The highest BCUT2D eigenvalue weighted by Crippen LogP contribution is 2.36. The van der Waals surface area contributed by atoms with Gasteiger partial charge in [-0.05, 0) is 30.3 Å². The average Bonchev–Trinajstić information content (AvgIpc) is 2.76. The van der Waals surface area contributed by atoms with E-state index >= 15 is 0 Å². The second-order valence-electron chi connectivity index (χ2n) is 8.50. The summed E-state index contributed by atoms with van der Waals surface area (Å²) < 4.78 is 39.5. The van der Waals surface area contributed by atoms with Gasteiger partial charge >= 0.3 is 0 Å². The molecule has 2 aliphatic rings. The number of ether oxygens (including phenoxy) is 2. The fourth-order valence-electron chi connectivity index (χ4n) is 3.64. The zero-order valence-electron chi connectivity index (χ0n) is 17.9. The van der Waals surface area contributed by atoms with E-state index in [0.717, 1.165) is 6.07 Å². The topological polar surface area (TPSA) is 118 Å². The fraction of sp³-hybridized carbons (Fsp3) is 0.364. The number of nitrogens with one attached hydrogen (secondary N) is 1. The number of hydrogen-bond donors (Lipinski definition) is 2.